The van der Waals surface area contributed by atoms with Gasteiger partial charge in [-0.05, 0) is 30.7 Å². The standard InChI is InChI=1S/C15H15Cl2NO/c1-10(12-5-3-4-6-13(12)16)18-15-9-11(19-2)7-8-14(15)17/h3-10,18H,1-2H3. The highest BCUT2D eigenvalue weighted by Gasteiger charge is 2.11. The molecule has 0 bridgehead atoms. The summed E-state index contributed by atoms with van der Waals surface area (Å²) in [5.74, 6) is 0.762. The molecule has 0 aliphatic rings. The SMILES string of the molecule is COc1ccc(Cl)c(NC(C)c2ccccc2Cl)c1. The van der Waals surface area contributed by atoms with Crippen molar-refractivity contribution in [2.45, 2.75) is 13.0 Å². The van der Waals surface area contributed by atoms with Crippen LogP contribution in [-0.4, -0.2) is 7.11 Å². The Balaban J connectivity index is 2.24. The van der Waals surface area contributed by atoms with Gasteiger partial charge in [0.25, 0.3) is 0 Å². The highest BCUT2D eigenvalue weighted by atomic mass is 35.5. The van der Waals surface area contributed by atoms with Gasteiger partial charge >= 0.3 is 0 Å². The van der Waals surface area contributed by atoms with Crippen LogP contribution in [0.25, 0.3) is 0 Å². The van der Waals surface area contributed by atoms with Gasteiger partial charge in [0.2, 0.25) is 0 Å². The monoisotopic (exact) mass is 295 g/mol. The highest BCUT2D eigenvalue weighted by Crippen LogP contribution is 2.31. The van der Waals surface area contributed by atoms with Gasteiger partial charge in [0.15, 0.2) is 0 Å². The van der Waals surface area contributed by atoms with E-state index in [-0.39, 0.29) is 6.04 Å². The molecule has 2 aromatic carbocycles. The van der Waals surface area contributed by atoms with Crippen molar-refractivity contribution in [3.63, 3.8) is 0 Å². The summed E-state index contributed by atoms with van der Waals surface area (Å²) in [5, 5.41) is 4.74. The Morgan fingerprint density at radius 2 is 1.79 bits per heavy atom. The fourth-order valence-electron chi connectivity index (χ4n) is 1.88. The summed E-state index contributed by atoms with van der Waals surface area (Å²) < 4.78 is 5.20. The molecular weight excluding hydrogens is 281 g/mol. The van der Waals surface area contributed by atoms with Gasteiger partial charge in [0.1, 0.15) is 5.75 Å². The van der Waals surface area contributed by atoms with Crippen LogP contribution in [0.5, 0.6) is 5.75 Å². The molecule has 0 aromatic heterocycles. The minimum absolute atomic E-state index is 0.0540. The lowest BCUT2D eigenvalue weighted by Gasteiger charge is -2.18. The van der Waals surface area contributed by atoms with Crippen LogP contribution in [0, 0.1) is 0 Å². The largest absolute Gasteiger partial charge is 0.497 e. The minimum Gasteiger partial charge on any atom is -0.497 e. The molecule has 1 N–H and O–H groups in total. The van der Waals surface area contributed by atoms with Gasteiger partial charge in [-0.2, -0.15) is 0 Å². The van der Waals surface area contributed by atoms with E-state index in [2.05, 4.69) is 5.32 Å². The summed E-state index contributed by atoms with van der Waals surface area (Å²) in [6, 6.07) is 13.3. The van der Waals surface area contributed by atoms with E-state index in [1.807, 2.05) is 49.4 Å². The van der Waals surface area contributed by atoms with Crippen LogP contribution in [0.4, 0.5) is 5.69 Å². The van der Waals surface area contributed by atoms with Crippen molar-refractivity contribution in [1.82, 2.24) is 0 Å². The van der Waals surface area contributed by atoms with E-state index in [1.165, 1.54) is 0 Å². The smallest absolute Gasteiger partial charge is 0.121 e. The molecule has 0 aliphatic heterocycles. The van der Waals surface area contributed by atoms with E-state index in [0.717, 1.165) is 22.0 Å². The van der Waals surface area contributed by atoms with Crippen molar-refractivity contribution >= 4 is 28.9 Å². The molecule has 4 heteroatoms. The number of benzene rings is 2. The minimum atomic E-state index is 0.0540. The zero-order valence-corrected chi connectivity index (χ0v) is 12.3. The quantitative estimate of drug-likeness (QED) is 0.839. The van der Waals surface area contributed by atoms with Gasteiger partial charge in [-0.1, -0.05) is 41.4 Å². The third kappa shape index (κ3) is 3.34. The first-order chi connectivity index (χ1) is 9.11. The summed E-state index contributed by atoms with van der Waals surface area (Å²) in [7, 11) is 1.63. The lowest BCUT2D eigenvalue weighted by atomic mass is 10.1. The number of ether oxygens (including phenoxy) is 1. The Hall–Kier alpha value is -1.38. The van der Waals surface area contributed by atoms with Crippen molar-refractivity contribution < 1.29 is 4.74 Å². The molecule has 0 saturated heterocycles. The number of rotatable bonds is 4. The zero-order chi connectivity index (χ0) is 13.8. The molecule has 2 aromatic rings. The Labute approximate surface area is 123 Å². The van der Waals surface area contributed by atoms with E-state index in [9.17, 15) is 0 Å². The highest BCUT2D eigenvalue weighted by molar-refractivity contribution is 6.33. The number of hydrogen-bond acceptors (Lipinski definition) is 2. The summed E-state index contributed by atoms with van der Waals surface area (Å²) >= 11 is 12.4. The van der Waals surface area contributed by atoms with E-state index in [0.29, 0.717) is 5.02 Å². The lowest BCUT2D eigenvalue weighted by molar-refractivity contribution is 0.415. The molecule has 0 radical (unpaired) electrons. The molecule has 1 atom stereocenters. The molecule has 0 saturated carbocycles. The van der Waals surface area contributed by atoms with Crippen molar-refractivity contribution in [1.29, 1.82) is 0 Å². The molecule has 1 unspecified atom stereocenters. The van der Waals surface area contributed by atoms with E-state index in [1.54, 1.807) is 7.11 Å². The van der Waals surface area contributed by atoms with Gasteiger partial charge in [-0.15, -0.1) is 0 Å². The summed E-state index contributed by atoms with van der Waals surface area (Å²) in [6.07, 6.45) is 0. The number of anilines is 1. The molecule has 0 heterocycles. The molecule has 2 nitrogen and oxygen atoms in total. The van der Waals surface area contributed by atoms with Crippen LogP contribution >= 0.6 is 23.2 Å². The molecule has 2 rings (SSSR count). The molecule has 19 heavy (non-hydrogen) atoms. The molecular formula is C15H15Cl2NO. The summed E-state index contributed by atoms with van der Waals surface area (Å²) in [6.45, 7) is 2.04. The second-order valence-corrected chi connectivity index (χ2v) is 5.05. The van der Waals surface area contributed by atoms with Crippen LogP contribution in [0.1, 0.15) is 18.5 Å². The summed E-state index contributed by atoms with van der Waals surface area (Å²) in [5.41, 5.74) is 1.86. The van der Waals surface area contributed by atoms with Crippen LogP contribution in [0.15, 0.2) is 42.5 Å². The van der Waals surface area contributed by atoms with Crippen LogP contribution < -0.4 is 10.1 Å². The number of halogens is 2. The van der Waals surface area contributed by atoms with Crippen LogP contribution in [0.2, 0.25) is 10.0 Å². The van der Waals surface area contributed by atoms with E-state index < -0.39 is 0 Å². The molecule has 0 spiro atoms. The first-order valence-electron chi connectivity index (χ1n) is 5.96. The first kappa shape index (κ1) is 14.0. The van der Waals surface area contributed by atoms with Crippen molar-refractivity contribution in [2.75, 3.05) is 12.4 Å². The number of methoxy groups -OCH3 is 1. The average molecular weight is 296 g/mol. The fraction of sp³-hybridized carbons (Fsp3) is 0.200. The predicted molar refractivity (Wildman–Crippen MR) is 81.5 cm³/mol. The Morgan fingerprint density at radius 1 is 1.05 bits per heavy atom. The normalized spacial score (nSPS) is 12.0. The predicted octanol–water partition coefficient (Wildman–Crippen LogP) is 5.18. The molecule has 100 valence electrons. The van der Waals surface area contributed by atoms with E-state index >= 15 is 0 Å². The second kappa shape index (κ2) is 6.18. The third-order valence-corrected chi connectivity index (χ3v) is 3.59. The van der Waals surface area contributed by atoms with Crippen LogP contribution in [0.3, 0.4) is 0 Å². The van der Waals surface area contributed by atoms with Crippen LogP contribution in [-0.2, 0) is 0 Å². The molecule has 0 aliphatic carbocycles. The second-order valence-electron chi connectivity index (χ2n) is 4.23. The van der Waals surface area contributed by atoms with Crippen molar-refractivity contribution in [3.05, 3.63) is 58.1 Å². The first-order valence-corrected chi connectivity index (χ1v) is 6.72. The maximum absolute atomic E-state index is 6.19. The molecule has 0 amide bonds. The van der Waals surface area contributed by atoms with Crippen molar-refractivity contribution in [2.24, 2.45) is 0 Å². The van der Waals surface area contributed by atoms with E-state index in [4.69, 9.17) is 27.9 Å². The Kier molecular flexibility index (Phi) is 4.56. The third-order valence-electron chi connectivity index (χ3n) is 2.92. The lowest BCUT2D eigenvalue weighted by Crippen LogP contribution is -2.07. The number of nitrogens with one attached hydrogen (secondary N) is 1. The zero-order valence-electron chi connectivity index (χ0n) is 10.8. The summed E-state index contributed by atoms with van der Waals surface area (Å²) in [4.78, 5) is 0. The van der Waals surface area contributed by atoms with Gasteiger partial charge in [-0.3, -0.25) is 0 Å². The van der Waals surface area contributed by atoms with Gasteiger partial charge in [-0.25, -0.2) is 0 Å². The maximum Gasteiger partial charge on any atom is 0.121 e. The average Bonchev–Trinajstić information content (AvgIpc) is 2.41. The Bertz CT molecular complexity index is 572. The fourth-order valence-corrected chi connectivity index (χ4v) is 2.35. The van der Waals surface area contributed by atoms with Crippen molar-refractivity contribution in [3.8, 4) is 5.75 Å². The maximum atomic E-state index is 6.19. The number of hydrogen-bond donors (Lipinski definition) is 1. The van der Waals surface area contributed by atoms with Gasteiger partial charge in [0.05, 0.1) is 23.9 Å². The van der Waals surface area contributed by atoms with Gasteiger partial charge < -0.3 is 10.1 Å². The molecule has 0 fully saturated rings. The van der Waals surface area contributed by atoms with Gasteiger partial charge in [0, 0.05) is 11.1 Å². The Morgan fingerprint density at radius 3 is 2.47 bits per heavy atom. The topological polar surface area (TPSA) is 21.3 Å².